The number of benzene rings is 1. The molecule has 0 aliphatic rings. The van der Waals surface area contributed by atoms with Crippen LogP contribution in [0.4, 0.5) is 4.39 Å². The van der Waals surface area contributed by atoms with E-state index < -0.39 is 21.9 Å². The molecule has 2 N–H and O–H groups in total. The van der Waals surface area contributed by atoms with Crippen LogP contribution in [0.5, 0.6) is 0 Å². The zero-order chi connectivity index (χ0) is 14.6. The van der Waals surface area contributed by atoms with Crippen molar-refractivity contribution < 1.29 is 17.9 Å². The number of aliphatic hydroxyl groups excluding tert-OH is 1. The lowest BCUT2D eigenvalue weighted by Crippen LogP contribution is -2.38. The van der Waals surface area contributed by atoms with Crippen molar-refractivity contribution in [1.82, 2.24) is 4.72 Å². The number of sulfonamides is 1. The van der Waals surface area contributed by atoms with Crippen LogP contribution in [-0.2, 0) is 10.0 Å². The lowest BCUT2D eigenvalue weighted by atomic mass is 10.1. The predicted molar refractivity (Wildman–Crippen MR) is 72.1 cm³/mol. The minimum absolute atomic E-state index is 0.124. The standard InChI is InChI=1S/C12H17ClFNO3S/c1-8(2)5-9(7-16)15-19(17,18)10-3-4-12(14)11(13)6-10/h3-4,6,8-9,15-16H,5,7H2,1-2H3. The van der Waals surface area contributed by atoms with Gasteiger partial charge in [0.05, 0.1) is 16.5 Å². The van der Waals surface area contributed by atoms with Gasteiger partial charge in [-0.05, 0) is 30.5 Å². The Morgan fingerprint density at radius 2 is 2.05 bits per heavy atom. The van der Waals surface area contributed by atoms with Gasteiger partial charge in [-0.2, -0.15) is 0 Å². The largest absolute Gasteiger partial charge is 0.395 e. The second kappa shape index (κ2) is 6.65. The maximum atomic E-state index is 13.0. The molecule has 0 aliphatic carbocycles. The second-order valence-electron chi connectivity index (χ2n) is 4.71. The van der Waals surface area contributed by atoms with Crippen LogP contribution in [0.15, 0.2) is 23.1 Å². The van der Waals surface area contributed by atoms with Gasteiger partial charge in [0.25, 0.3) is 0 Å². The summed E-state index contributed by atoms with van der Waals surface area (Å²) in [4.78, 5) is -0.124. The van der Waals surface area contributed by atoms with Crippen LogP contribution >= 0.6 is 11.6 Å². The molecule has 0 fully saturated rings. The van der Waals surface area contributed by atoms with Crippen LogP contribution in [0.25, 0.3) is 0 Å². The molecule has 1 atom stereocenters. The van der Waals surface area contributed by atoms with E-state index in [1.54, 1.807) is 0 Å². The first-order valence-corrected chi connectivity index (χ1v) is 7.70. The fourth-order valence-electron chi connectivity index (χ4n) is 1.66. The lowest BCUT2D eigenvalue weighted by molar-refractivity contribution is 0.240. The molecule has 0 aromatic heterocycles. The highest BCUT2D eigenvalue weighted by Crippen LogP contribution is 2.20. The van der Waals surface area contributed by atoms with E-state index in [1.807, 2.05) is 13.8 Å². The van der Waals surface area contributed by atoms with E-state index in [9.17, 15) is 17.9 Å². The maximum absolute atomic E-state index is 13.0. The number of hydrogen-bond donors (Lipinski definition) is 2. The zero-order valence-electron chi connectivity index (χ0n) is 10.7. The number of hydrogen-bond acceptors (Lipinski definition) is 3. The van der Waals surface area contributed by atoms with E-state index in [4.69, 9.17) is 11.6 Å². The summed E-state index contributed by atoms with van der Waals surface area (Å²) in [5, 5.41) is 8.91. The van der Waals surface area contributed by atoms with E-state index >= 15 is 0 Å². The molecule has 19 heavy (non-hydrogen) atoms. The Bertz CT molecular complexity index is 534. The van der Waals surface area contributed by atoms with Crippen molar-refractivity contribution in [2.45, 2.75) is 31.2 Å². The number of halogens is 2. The number of rotatable bonds is 6. The highest BCUT2D eigenvalue weighted by atomic mass is 35.5. The number of nitrogens with one attached hydrogen (secondary N) is 1. The molecular weight excluding hydrogens is 293 g/mol. The summed E-state index contributed by atoms with van der Waals surface area (Å²) in [5.41, 5.74) is 0. The lowest BCUT2D eigenvalue weighted by Gasteiger charge is -2.18. The van der Waals surface area contributed by atoms with Crippen LogP contribution in [0, 0.1) is 11.7 Å². The van der Waals surface area contributed by atoms with Crippen molar-refractivity contribution in [3.8, 4) is 0 Å². The van der Waals surface area contributed by atoms with Crippen molar-refractivity contribution in [1.29, 1.82) is 0 Å². The molecule has 1 aromatic carbocycles. The van der Waals surface area contributed by atoms with Crippen molar-refractivity contribution in [2.75, 3.05) is 6.61 Å². The average Bonchev–Trinajstić information content (AvgIpc) is 2.30. The minimum Gasteiger partial charge on any atom is -0.395 e. The summed E-state index contributed by atoms with van der Waals surface area (Å²) in [5.74, 6) is -0.446. The summed E-state index contributed by atoms with van der Waals surface area (Å²) >= 11 is 5.56. The fourth-order valence-corrected chi connectivity index (χ4v) is 3.17. The van der Waals surface area contributed by atoms with Crippen molar-refractivity contribution in [3.63, 3.8) is 0 Å². The third kappa shape index (κ3) is 4.72. The van der Waals surface area contributed by atoms with E-state index in [1.165, 1.54) is 0 Å². The molecule has 4 nitrogen and oxygen atoms in total. The molecule has 0 heterocycles. The monoisotopic (exact) mass is 309 g/mol. The molecule has 0 spiro atoms. The predicted octanol–water partition coefficient (Wildman–Crippen LogP) is 2.16. The maximum Gasteiger partial charge on any atom is 0.240 e. The smallest absolute Gasteiger partial charge is 0.240 e. The summed E-state index contributed by atoms with van der Waals surface area (Å²) < 4.78 is 39.5. The molecular formula is C12H17ClFNO3S. The molecule has 0 amide bonds. The van der Waals surface area contributed by atoms with Crippen LogP contribution in [0.3, 0.4) is 0 Å². The Kier molecular flexibility index (Phi) is 5.73. The van der Waals surface area contributed by atoms with Gasteiger partial charge in [-0.25, -0.2) is 17.5 Å². The molecule has 0 aliphatic heterocycles. The van der Waals surface area contributed by atoms with Gasteiger partial charge >= 0.3 is 0 Å². The zero-order valence-corrected chi connectivity index (χ0v) is 12.3. The quantitative estimate of drug-likeness (QED) is 0.846. The first-order chi connectivity index (χ1) is 8.76. The topological polar surface area (TPSA) is 66.4 Å². The Morgan fingerprint density at radius 1 is 1.42 bits per heavy atom. The highest BCUT2D eigenvalue weighted by molar-refractivity contribution is 7.89. The van der Waals surface area contributed by atoms with E-state index in [2.05, 4.69) is 4.72 Å². The van der Waals surface area contributed by atoms with Crippen LogP contribution < -0.4 is 4.72 Å². The first kappa shape index (κ1) is 16.4. The Balaban J connectivity index is 2.93. The van der Waals surface area contributed by atoms with Gasteiger partial charge in [-0.15, -0.1) is 0 Å². The highest BCUT2D eigenvalue weighted by Gasteiger charge is 2.21. The Labute approximate surface area is 117 Å². The average molecular weight is 310 g/mol. The molecule has 0 saturated carbocycles. The van der Waals surface area contributed by atoms with E-state index in [0.717, 1.165) is 18.2 Å². The molecule has 1 aromatic rings. The van der Waals surface area contributed by atoms with Gasteiger partial charge in [-0.3, -0.25) is 0 Å². The minimum atomic E-state index is -3.82. The van der Waals surface area contributed by atoms with Crippen LogP contribution in [0.1, 0.15) is 20.3 Å². The molecule has 0 radical (unpaired) electrons. The normalized spacial score (nSPS) is 13.8. The molecule has 108 valence electrons. The summed E-state index contributed by atoms with van der Waals surface area (Å²) in [7, 11) is -3.82. The van der Waals surface area contributed by atoms with Crippen molar-refractivity contribution >= 4 is 21.6 Å². The van der Waals surface area contributed by atoms with Gasteiger partial charge < -0.3 is 5.11 Å². The Hall–Kier alpha value is -0.690. The third-order valence-corrected chi connectivity index (χ3v) is 4.31. The van der Waals surface area contributed by atoms with Crippen LogP contribution in [-0.4, -0.2) is 26.2 Å². The van der Waals surface area contributed by atoms with Crippen molar-refractivity contribution in [3.05, 3.63) is 29.0 Å². The molecule has 7 heteroatoms. The first-order valence-electron chi connectivity index (χ1n) is 5.84. The number of aliphatic hydroxyl groups is 1. The molecule has 0 bridgehead atoms. The second-order valence-corrected chi connectivity index (χ2v) is 6.83. The molecule has 1 rings (SSSR count). The third-order valence-electron chi connectivity index (χ3n) is 2.50. The van der Waals surface area contributed by atoms with Crippen molar-refractivity contribution in [2.24, 2.45) is 5.92 Å². The van der Waals surface area contributed by atoms with Gasteiger partial charge in [-0.1, -0.05) is 25.4 Å². The SMILES string of the molecule is CC(C)CC(CO)NS(=O)(=O)c1ccc(F)c(Cl)c1. The fraction of sp³-hybridized carbons (Fsp3) is 0.500. The van der Waals surface area contributed by atoms with E-state index in [0.29, 0.717) is 6.42 Å². The van der Waals surface area contributed by atoms with Gasteiger partial charge in [0.15, 0.2) is 0 Å². The summed E-state index contributed by atoms with van der Waals surface area (Å²) in [6.45, 7) is 3.55. The van der Waals surface area contributed by atoms with Crippen LogP contribution in [0.2, 0.25) is 5.02 Å². The molecule has 0 saturated heterocycles. The Morgan fingerprint density at radius 3 is 2.53 bits per heavy atom. The van der Waals surface area contributed by atoms with Gasteiger partial charge in [0.1, 0.15) is 5.82 Å². The summed E-state index contributed by atoms with van der Waals surface area (Å²) in [6, 6.07) is 2.60. The molecule has 1 unspecified atom stereocenters. The van der Waals surface area contributed by atoms with Gasteiger partial charge in [0.2, 0.25) is 10.0 Å². The summed E-state index contributed by atoms with van der Waals surface area (Å²) in [6.07, 6.45) is 0.505. The van der Waals surface area contributed by atoms with E-state index in [-0.39, 0.29) is 22.4 Å². The van der Waals surface area contributed by atoms with Gasteiger partial charge in [0, 0.05) is 6.04 Å².